The van der Waals surface area contributed by atoms with Crippen molar-refractivity contribution in [2.24, 2.45) is 5.92 Å². The highest BCUT2D eigenvalue weighted by Crippen LogP contribution is 2.08. The number of hydrogen-bond acceptors (Lipinski definition) is 4. The number of aliphatic hydroxyl groups is 3. The van der Waals surface area contributed by atoms with E-state index < -0.39 is 5.54 Å². The molecule has 13 heavy (non-hydrogen) atoms. The molecule has 0 aliphatic heterocycles. The maximum atomic E-state index is 9.08. The number of aliphatic hydroxyl groups excluding tert-OH is 3. The summed E-state index contributed by atoms with van der Waals surface area (Å²) < 4.78 is 0. The van der Waals surface area contributed by atoms with Gasteiger partial charge in [-0.15, -0.1) is 0 Å². The Labute approximate surface area is 79.6 Å². The van der Waals surface area contributed by atoms with Gasteiger partial charge in [-0.05, 0) is 12.3 Å². The SMILES string of the molecule is CCC(CO)(CO)NCC(C)CO. The van der Waals surface area contributed by atoms with Gasteiger partial charge < -0.3 is 20.6 Å². The van der Waals surface area contributed by atoms with Gasteiger partial charge in [-0.3, -0.25) is 0 Å². The first-order valence-electron chi connectivity index (χ1n) is 4.71. The Hall–Kier alpha value is -0.160. The van der Waals surface area contributed by atoms with Crippen LogP contribution in [0.2, 0.25) is 0 Å². The van der Waals surface area contributed by atoms with Crippen molar-refractivity contribution >= 4 is 0 Å². The third kappa shape index (κ3) is 4.04. The molecule has 0 radical (unpaired) electrons. The molecule has 0 saturated carbocycles. The van der Waals surface area contributed by atoms with Gasteiger partial charge in [0, 0.05) is 13.2 Å². The van der Waals surface area contributed by atoms with Gasteiger partial charge in [0.05, 0.1) is 18.8 Å². The van der Waals surface area contributed by atoms with Crippen molar-refractivity contribution in [2.45, 2.75) is 25.8 Å². The first-order valence-corrected chi connectivity index (χ1v) is 4.71. The third-order valence-electron chi connectivity index (χ3n) is 2.42. The van der Waals surface area contributed by atoms with Gasteiger partial charge in [0.15, 0.2) is 0 Å². The van der Waals surface area contributed by atoms with Crippen LogP contribution in [0.3, 0.4) is 0 Å². The van der Waals surface area contributed by atoms with E-state index in [1.54, 1.807) is 0 Å². The maximum Gasteiger partial charge on any atom is 0.0645 e. The lowest BCUT2D eigenvalue weighted by Gasteiger charge is -2.30. The van der Waals surface area contributed by atoms with E-state index in [0.717, 1.165) is 0 Å². The monoisotopic (exact) mass is 191 g/mol. The van der Waals surface area contributed by atoms with Crippen LogP contribution in [-0.4, -0.2) is 47.2 Å². The van der Waals surface area contributed by atoms with Crippen molar-refractivity contribution in [3.8, 4) is 0 Å². The Balaban J connectivity index is 3.95. The Kier molecular flexibility index (Phi) is 6.24. The summed E-state index contributed by atoms with van der Waals surface area (Å²) in [4.78, 5) is 0. The van der Waals surface area contributed by atoms with Crippen LogP contribution in [0.25, 0.3) is 0 Å². The van der Waals surface area contributed by atoms with E-state index in [-0.39, 0.29) is 25.7 Å². The molecule has 4 heteroatoms. The van der Waals surface area contributed by atoms with Crippen molar-refractivity contribution < 1.29 is 15.3 Å². The summed E-state index contributed by atoms with van der Waals surface area (Å²) in [5.74, 6) is 0.143. The molecule has 0 aromatic carbocycles. The molecule has 0 aromatic rings. The summed E-state index contributed by atoms with van der Waals surface area (Å²) in [5, 5.41) is 30.0. The average Bonchev–Trinajstić information content (AvgIpc) is 2.20. The second-order valence-corrected chi connectivity index (χ2v) is 3.62. The molecule has 0 amide bonds. The Bertz CT molecular complexity index is 118. The molecule has 0 spiro atoms. The molecule has 1 unspecified atom stereocenters. The standard InChI is InChI=1S/C9H21NO3/c1-3-9(6-12,7-13)10-4-8(2)5-11/h8,10-13H,3-7H2,1-2H3. The summed E-state index contributed by atoms with van der Waals surface area (Å²) in [7, 11) is 0. The van der Waals surface area contributed by atoms with Crippen molar-refractivity contribution in [1.82, 2.24) is 5.32 Å². The largest absolute Gasteiger partial charge is 0.396 e. The van der Waals surface area contributed by atoms with E-state index in [1.807, 2.05) is 13.8 Å². The Morgan fingerprint density at radius 1 is 1.23 bits per heavy atom. The van der Waals surface area contributed by atoms with Crippen LogP contribution < -0.4 is 5.32 Å². The minimum atomic E-state index is -0.594. The predicted molar refractivity (Wildman–Crippen MR) is 51.4 cm³/mol. The van der Waals surface area contributed by atoms with Crippen LogP contribution in [0.1, 0.15) is 20.3 Å². The predicted octanol–water partition coefficient (Wildman–Crippen LogP) is -0.662. The molecule has 0 rings (SSSR count). The van der Waals surface area contributed by atoms with Crippen LogP contribution in [0, 0.1) is 5.92 Å². The number of rotatable bonds is 7. The zero-order chi connectivity index (χ0) is 10.3. The van der Waals surface area contributed by atoms with Crippen LogP contribution in [0.5, 0.6) is 0 Å². The number of hydrogen-bond donors (Lipinski definition) is 4. The van der Waals surface area contributed by atoms with Gasteiger partial charge in [0.25, 0.3) is 0 Å². The van der Waals surface area contributed by atoms with E-state index in [1.165, 1.54) is 0 Å². The second kappa shape index (κ2) is 6.32. The van der Waals surface area contributed by atoms with Gasteiger partial charge in [0.2, 0.25) is 0 Å². The molecule has 0 bridgehead atoms. The fraction of sp³-hybridized carbons (Fsp3) is 1.00. The average molecular weight is 191 g/mol. The van der Waals surface area contributed by atoms with Gasteiger partial charge in [-0.25, -0.2) is 0 Å². The summed E-state index contributed by atoms with van der Waals surface area (Å²) in [6.45, 7) is 4.36. The smallest absolute Gasteiger partial charge is 0.0645 e. The molecule has 4 nitrogen and oxygen atoms in total. The molecule has 4 N–H and O–H groups in total. The van der Waals surface area contributed by atoms with Gasteiger partial charge in [0.1, 0.15) is 0 Å². The fourth-order valence-electron chi connectivity index (χ4n) is 0.966. The molecule has 1 atom stereocenters. The quantitative estimate of drug-likeness (QED) is 0.431. The molecule has 0 aliphatic rings. The van der Waals surface area contributed by atoms with Crippen LogP contribution in [-0.2, 0) is 0 Å². The Morgan fingerprint density at radius 3 is 2.08 bits per heavy atom. The molecular weight excluding hydrogens is 170 g/mol. The molecule has 0 fully saturated rings. The first-order chi connectivity index (χ1) is 6.14. The lowest BCUT2D eigenvalue weighted by Crippen LogP contribution is -2.52. The summed E-state index contributed by atoms with van der Waals surface area (Å²) >= 11 is 0. The maximum absolute atomic E-state index is 9.08. The van der Waals surface area contributed by atoms with Crippen molar-refractivity contribution in [3.05, 3.63) is 0 Å². The fourth-order valence-corrected chi connectivity index (χ4v) is 0.966. The molecular formula is C9H21NO3. The summed E-state index contributed by atoms with van der Waals surface area (Å²) in [5.41, 5.74) is -0.594. The summed E-state index contributed by atoms with van der Waals surface area (Å²) in [6.07, 6.45) is 0.665. The first kappa shape index (κ1) is 12.8. The lowest BCUT2D eigenvalue weighted by atomic mass is 9.97. The van der Waals surface area contributed by atoms with E-state index in [9.17, 15) is 0 Å². The summed E-state index contributed by atoms with van der Waals surface area (Å²) in [6, 6.07) is 0. The Morgan fingerprint density at radius 2 is 1.77 bits per heavy atom. The molecule has 0 heterocycles. The lowest BCUT2D eigenvalue weighted by molar-refractivity contribution is 0.0812. The van der Waals surface area contributed by atoms with Crippen LogP contribution in [0.4, 0.5) is 0 Å². The van der Waals surface area contributed by atoms with Gasteiger partial charge >= 0.3 is 0 Å². The van der Waals surface area contributed by atoms with Crippen molar-refractivity contribution in [1.29, 1.82) is 0 Å². The van der Waals surface area contributed by atoms with E-state index in [0.29, 0.717) is 13.0 Å². The van der Waals surface area contributed by atoms with E-state index in [2.05, 4.69) is 5.32 Å². The molecule has 0 aliphatic carbocycles. The highest BCUT2D eigenvalue weighted by molar-refractivity contribution is 4.85. The van der Waals surface area contributed by atoms with Gasteiger partial charge in [-0.2, -0.15) is 0 Å². The minimum Gasteiger partial charge on any atom is -0.396 e. The van der Waals surface area contributed by atoms with Crippen molar-refractivity contribution in [3.63, 3.8) is 0 Å². The van der Waals surface area contributed by atoms with Crippen LogP contribution in [0.15, 0.2) is 0 Å². The molecule has 0 aromatic heterocycles. The van der Waals surface area contributed by atoms with E-state index in [4.69, 9.17) is 15.3 Å². The van der Waals surface area contributed by atoms with Gasteiger partial charge in [-0.1, -0.05) is 13.8 Å². The highest BCUT2D eigenvalue weighted by Gasteiger charge is 2.25. The molecule has 0 saturated heterocycles. The van der Waals surface area contributed by atoms with Crippen molar-refractivity contribution in [2.75, 3.05) is 26.4 Å². The van der Waals surface area contributed by atoms with E-state index >= 15 is 0 Å². The van der Waals surface area contributed by atoms with Crippen LogP contribution >= 0.6 is 0 Å². The number of nitrogens with one attached hydrogen (secondary N) is 1. The zero-order valence-electron chi connectivity index (χ0n) is 8.45. The third-order valence-corrected chi connectivity index (χ3v) is 2.42. The normalized spacial score (nSPS) is 14.5. The topological polar surface area (TPSA) is 72.7 Å². The minimum absolute atomic E-state index is 0.0852. The highest BCUT2D eigenvalue weighted by atomic mass is 16.3. The zero-order valence-corrected chi connectivity index (χ0v) is 8.45. The molecule has 80 valence electrons. The second-order valence-electron chi connectivity index (χ2n) is 3.62.